The van der Waals surface area contributed by atoms with E-state index in [1.807, 2.05) is 12.1 Å². The van der Waals surface area contributed by atoms with Crippen molar-refractivity contribution in [3.63, 3.8) is 0 Å². The van der Waals surface area contributed by atoms with Crippen molar-refractivity contribution in [2.45, 2.75) is 37.6 Å². The van der Waals surface area contributed by atoms with Crippen molar-refractivity contribution >= 4 is 44.6 Å². The molecule has 0 radical (unpaired) electrons. The normalized spacial score (nSPS) is 11.5. The molecule has 34 heavy (non-hydrogen) atoms. The minimum atomic E-state index is -3.35. The van der Waals surface area contributed by atoms with Gasteiger partial charge in [0.15, 0.2) is 15.6 Å². The number of carbonyl (C=O) groups is 1. The lowest BCUT2D eigenvalue weighted by molar-refractivity contribution is -0.116. The SMILES string of the molecule is COc1ccc(Oc2c(Cl)cc(NC(=O)CCn3cc(S(C)(=O)=O)cn3)cc2Cl)cc1C(C)C. The van der Waals surface area contributed by atoms with Gasteiger partial charge in [-0.1, -0.05) is 37.0 Å². The molecule has 1 N–H and O–H groups in total. The molecule has 0 spiro atoms. The van der Waals surface area contributed by atoms with Crippen molar-refractivity contribution in [1.82, 2.24) is 9.78 Å². The topological polar surface area (TPSA) is 99.5 Å². The molecule has 0 aliphatic heterocycles. The molecule has 11 heteroatoms. The lowest BCUT2D eigenvalue weighted by Crippen LogP contribution is -2.14. The highest BCUT2D eigenvalue weighted by molar-refractivity contribution is 7.90. The third kappa shape index (κ3) is 6.43. The van der Waals surface area contributed by atoms with Gasteiger partial charge in [-0.3, -0.25) is 9.48 Å². The molecule has 3 aromatic rings. The molecule has 0 fully saturated rings. The van der Waals surface area contributed by atoms with Crippen LogP contribution in [0.25, 0.3) is 0 Å². The van der Waals surface area contributed by atoms with E-state index in [9.17, 15) is 13.2 Å². The highest BCUT2D eigenvalue weighted by Gasteiger charge is 2.15. The Kier molecular flexibility index (Phi) is 8.12. The predicted octanol–water partition coefficient (Wildman–Crippen LogP) is 5.55. The Morgan fingerprint density at radius 2 is 1.85 bits per heavy atom. The van der Waals surface area contributed by atoms with Crippen LogP contribution in [0.15, 0.2) is 47.6 Å². The number of nitrogens with zero attached hydrogens (tertiary/aromatic N) is 2. The Morgan fingerprint density at radius 1 is 1.18 bits per heavy atom. The van der Waals surface area contributed by atoms with E-state index in [0.29, 0.717) is 11.4 Å². The van der Waals surface area contributed by atoms with Crippen LogP contribution in [0.4, 0.5) is 5.69 Å². The van der Waals surface area contributed by atoms with Crippen LogP contribution in [-0.2, 0) is 21.2 Å². The number of sulfone groups is 1. The summed E-state index contributed by atoms with van der Waals surface area (Å²) in [5.74, 6) is 1.50. The van der Waals surface area contributed by atoms with E-state index < -0.39 is 9.84 Å². The summed E-state index contributed by atoms with van der Waals surface area (Å²) in [5, 5.41) is 7.14. The smallest absolute Gasteiger partial charge is 0.226 e. The van der Waals surface area contributed by atoms with Gasteiger partial charge in [-0.15, -0.1) is 0 Å². The predicted molar refractivity (Wildman–Crippen MR) is 132 cm³/mol. The summed E-state index contributed by atoms with van der Waals surface area (Å²) >= 11 is 12.8. The minimum absolute atomic E-state index is 0.0716. The fraction of sp³-hybridized carbons (Fsp3) is 0.304. The number of benzene rings is 2. The number of carbonyl (C=O) groups excluding carboxylic acids is 1. The van der Waals surface area contributed by atoms with Crippen molar-refractivity contribution in [1.29, 1.82) is 0 Å². The maximum absolute atomic E-state index is 12.3. The number of amides is 1. The molecular formula is C23H25Cl2N3O5S. The molecular weight excluding hydrogens is 501 g/mol. The molecule has 1 amide bonds. The summed E-state index contributed by atoms with van der Waals surface area (Å²) in [6, 6.07) is 8.54. The van der Waals surface area contributed by atoms with Crippen LogP contribution >= 0.6 is 23.2 Å². The molecule has 8 nitrogen and oxygen atoms in total. The van der Waals surface area contributed by atoms with Crippen LogP contribution in [0.1, 0.15) is 31.7 Å². The van der Waals surface area contributed by atoms with Gasteiger partial charge in [0, 0.05) is 36.7 Å². The number of nitrogens with one attached hydrogen (secondary N) is 1. The number of anilines is 1. The van der Waals surface area contributed by atoms with Gasteiger partial charge in [0.05, 0.1) is 23.4 Å². The summed E-state index contributed by atoms with van der Waals surface area (Å²) in [4.78, 5) is 12.4. The van der Waals surface area contributed by atoms with Crippen LogP contribution in [0.3, 0.4) is 0 Å². The van der Waals surface area contributed by atoms with E-state index in [1.54, 1.807) is 25.3 Å². The van der Waals surface area contributed by atoms with Gasteiger partial charge in [0.25, 0.3) is 0 Å². The number of halogens is 2. The first kappa shape index (κ1) is 25.9. The van der Waals surface area contributed by atoms with E-state index >= 15 is 0 Å². The summed E-state index contributed by atoms with van der Waals surface area (Å²) in [6.07, 6.45) is 3.80. The molecule has 182 valence electrons. The molecule has 0 aliphatic rings. The van der Waals surface area contributed by atoms with Crippen LogP contribution in [-0.4, -0.2) is 37.5 Å². The molecule has 3 rings (SSSR count). The van der Waals surface area contributed by atoms with E-state index in [4.69, 9.17) is 32.7 Å². The molecule has 0 bridgehead atoms. The maximum atomic E-state index is 12.3. The number of hydrogen-bond donors (Lipinski definition) is 1. The molecule has 0 atom stereocenters. The van der Waals surface area contributed by atoms with Gasteiger partial charge < -0.3 is 14.8 Å². The fourth-order valence-electron chi connectivity index (χ4n) is 3.17. The monoisotopic (exact) mass is 525 g/mol. The Morgan fingerprint density at radius 3 is 2.41 bits per heavy atom. The Balaban J connectivity index is 1.67. The summed E-state index contributed by atoms with van der Waals surface area (Å²) in [6.45, 7) is 4.31. The molecule has 0 saturated heterocycles. The molecule has 1 aromatic heterocycles. The average Bonchev–Trinajstić information content (AvgIpc) is 3.24. The molecule has 1 heterocycles. The van der Waals surface area contributed by atoms with Crippen molar-refractivity contribution in [2.24, 2.45) is 0 Å². The van der Waals surface area contributed by atoms with Crippen molar-refractivity contribution in [3.8, 4) is 17.2 Å². The first-order valence-electron chi connectivity index (χ1n) is 10.3. The van der Waals surface area contributed by atoms with E-state index in [2.05, 4.69) is 24.3 Å². The second kappa shape index (κ2) is 10.7. The van der Waals surface area contributed by atoms with Crippen LogP contribution < -0.4 is 14.8 Å². The van der Waals surface area contributed by atoms with E-state index in [1.165, 1.54) is 17.1 Å². The van der Waals surface area contributed by atoms with Gasteiger partial charge in [0.2, 0.25) is 5.91 Å². The maximum Gasteiger partial charge on any atom is 0.226 e. The van der Waals surface area contributed by atoms with Gasteiger partial charge in [-0.25, -0.2) is 8.42 Å². The van der Waals surface area contributed by atoms with Crippen LogP contribution in [0.2, 0.25) is 10.0 Å². The zero-order valence-electron chi connectivity index (χ0n) is 19.1. The average molecular weight is 526 g/mol. The number of hydrogen-bond acceptors (Lipinski definition) is 6. The number of ether oxygens (including phenoxy) is 2. The van der Waals surface area contributed by atoms with E-state index in [0.717, 1.165) is 17.6 Å². The Bertz CT molecular complexity index is 1280. The highest BCUT2D eigenvalue weighted by atomic mass is 35.5. The number of aryl methyl sites for hydroxylation is 1. The second-order valence-electron chi connectivity index (χ2n) is 7.94. The fourth-order valence-corrected chi connectivity index (χ4v) is 4.29. The van der Waals surface area contributed by atoms with E-state index in [-0.39, 0.29) is 45.5 Å². The Labute approximate surface area is 208 Å². The lowest BCUT2D eigenvalue weighted by Gasteiger charge is -2.16. The van der Waals surface area contributed by atoms with Crippen LogP contribution in [0.5, 0.6) is 17.2 Å². The molecule has 0 aliphatic carbocycles. The standard InChI is InChI=1S/C23H25Cl2N3O5S/c1-14(2)18-11-16(5-6-21(18)32-3)33-23-19(24)9-15(10-20(23)25)27-22(29)7-8-28-13-17(12-26-28)34(4,30)31/h5-6,9-14H,7-8H2,1-4H3,(H,27,29). The zero-order valence-corrected chi connectivity index (χ0v) is 21.5. The molecule has 2 aromatic carbocycles. The molecule has 0 saturated carbocycles. The third-order valence-electron chi connectivity index (χ3n) is 4.93. The first-order chi connectivity index (χ1) is 16.0. The number of rotatable bonds is 9. The number of methoxy groups -OCH3 is 1. The van der Waals surface area contributed by atoms with Crippen molar-refractivity contribution in [2.75, 3.05) is 18.7 Å². The van der Waals surface area contributed by atoms with Gasteiger partial charge >= 0.3 is 0 Å². The minimum Gasteiger partial charge on any atom is -0.496 e. The Hall–Kier alpha value is -2.75. The zero-order chi connectivity index (χ0) is 25.0. The van der Waals surface area contributed by atoms with Crippen molar-refractivity contribution < 1.29 is 22.7 Å². The van der Waals surface area contributed by atoms with Gasteiger partial charge in [-0.2, -0.15) is 5.10 Å². The first-order valence-corrected chi connectivity index (χ1v) is 13.0. The largest absolute Gasteiger partial charge is 0.496 e. The lowest BCUT2D eigenvalue weighted by atomic mass is 10.0. The molecule has 0 unspecified atom stereocenters. The summed E-state index contributed by atoms with van der Waals surface area (Å²) in [7, 11) is -1.73. The third-order valence-corrected chi connectivity index (χ3v) is 6.56. The summed E-state index contributed by atoms with van der Waals surface area (Å²) in [5.41, 5.74) is 1.39. The van der Waals surface area contributed by atoms with Gasteiger partial charge in [-0.05, 0) is 36.2 Å². The quantitative estimate of drug-likeness (QED) is 0.393. The highest BCUT2D eigenvalue weighted by Crippen LogP contribution is 2.40. The second-order valence-corrected chi connectivity index (χ2v) is 10.8. The van der Waals surface area contributed by atoms with Crippen molar-refractivity contribution in [3.05, 3.63) is 58.3 Å². The number of aromatic nitrogens is 2. The van der Waals surface area contributed by atoms with Crippen LogP contribution in [0, 0.1) is 0 Å². The summed E-state index contributed by atoms with van der Waals surface area (Å²) < 4.78 is 35.8. The van der Waals surface area contributed by atoms with Gasteiger partial charge in [0.1, 0.15) is 16.4 Å².